The first-order chi connectivity index (χ1) is 15.3. The molecule has 0 spiro atoms. The van der Waals surface area contributed by atoms with Crippen LogP contribution in [-0.2, 0) is 11.0 Å². The van der Waals surface area contributed by atoms with Crippen molar-refractivity contribution in [3.63, 3.8) is 0 Å². The Bertz CT molecular complexity index is 1220. The number of carbonyl (C=O) groups is 1. The average Bonchev–Trinajstić information content (AvgIpc) is 3.21. The minimum absolute atomic E-state index is 0.241. The van der Waals surface area contributed by atoms with Crippen LogP contribution < -0.4 is 14.8 Å². The zero-order chi connectivity index (χ0) is 22.7. The van der Waals surface area contributed by atoms with E-state index < -0.39 is 17.6 Å². The Morgan fingerprint density at radius 3 is 2.47 bits per heavy atom. The lowest BCUT2D eigenvalue weighted by atomic mass is 10.2. The summed E-state index contributed by atoms with van der Waals surface area (Å²) in [5.41, 5.74) is 1.21. The van der Waals surface area contributed by atoms with Crippen LogP contribution in [0.25, 0.3) is 20.8 Å². The number of halogens is 3. The molecule has 0 saturated heterocycles. The minimum atomic E-state index is -4.43. The molecule has 5 nitrogen and oxygen atoms in total. The third-order valence-electron chi connectivity index (χ3n) is 4.56. The molecule has 0 aliphatic rings. The predicted octanol–water partition coefficient (Wildman–Crippen LogP) is 6.01. The van der Waals surface area contributed by atoms with Gasteiger partial charge in [-0.25, -0.2) is 4.98 Å². The number of aromatic nitrogens is 1. The topological polar surface area (TPSA) is 60.5 Å². The van der Waals surface area contributed by atoms with E-state index in [4.69, 9.17) is 9.47 Å². The number of nitrogens with zero attached hydrogens (tertiary/aromatic N) is 1. The number of fused-ring (bicyclic) bond motifs is 1. The number of amides is 1. The highest BCUT2D eigenvalue weighted by Crippen LogP contribution is 2.36. The molecule has 1 aromatic heterocycles. The van der Waals surface area contributed by atoms with Crippen molar-refractivity contribution < 1.29 is 27.4 Å². The molecule has 164 valence electrons. The van der Waals surface area contributed by atoms with Crippen LogP contribution in [0.3, 0.4) is 0 Å². The van der Waals surface area contributed by atoms with E-state index in [0.29, 0.717) is 11.5 Å². The SMILES string of the molecule is COc1cc(-c2nc3ccccc3s2)ccc1OCC(=O)Nc1ccc(C(F)(F)F)cc1. The van der Waals surface area contributed by atoms with Crippen LogP contribution in [0.15, 0.2) is 66.7 Å². The Kier molecular flexibility index (Phi) is 6.00. The molecule has 0 bridgehead atoms. The van der Waals surface area contributed by atoms with Gasteiger partial charge in [0.2, 0.25) is 0 Å². The van der Waals surface area contributed by atoms with Gasteiger partial charge in [0.15, 0.2) is 18.1 Å². The van der Waals surface area contributed by atoms with Crippen molar-refractivity contribution in [1.82, 2.24) is 4.98 Å². The summed E-state index contributed by atoms with van der Waals surface area (Å²) in [7, 11) is 1.49. The lowest BCUT2D eigenvalue weighted by Crippen LogP contribution is -2.20. The molecule has 1 amide bonds. The normalized spacial score (nSPS) is 11.4. The van der Waals surface area contributed by atoms with Gasteiger partial charge >= 0.3 is 6.18 Å². The van der Waals surface area contributed by atoms with E-state index in [1.165, 1.54) is 19.2 Å². The standard InChI is InChI=1S/C23H17F3N2O3S/c1-30-19-12-14(22-28-17-4-2-3-5-20(17)32-22)6-11-18(19)31-13-21(29)27-16-9-7-15(8-10-16)23(24,25)26/h2-12H,13H2,1H3,(H,27,29). The number of rotatable bonds is 6. The monoisotopic (exact) mass is 458 g/mol. The maximum atomic E-state index is 12.6. The van der Waals surface area contributed by atoms with Crippen LogP contribution in [0, 0.1) is 0 Å². The lowest BCUT2D eigenvalue weighted by Gasteiger charge is -2.12. The third kappa shape index (κ3) is 4.83. The zero-order valence-corrected chi connectivity index (χ0v) is 17.6. The van der Waals surface area contributed by atoms with Crippen molar-refractivity contribution in [3.05, 3.63) is 72.3 Å². The molecule has 3 aromatic carbocycles. The van der Waals surface area contributed by atoms with Crippen molar-refractivity contribution >= 4 is 33.1 Å². The number of ether oxygens (including phenoxy) is 2. The number of hydrogen-bond donors (Lipinski definition) is 1. The first-order valence-corrected chi connectivity index (χ1v) is 10.3. The largest absolute Gasteiger partial charge is 0.493 e. The van der Waals surface area contributed by atoms with Crippen LogP contribution in [-0.4, -0.2) is 24.6 Å². The molecule has 1 N–H and O–H groups in total. The summed E-state index contributed by atoms with van der Waals surface area (Å²) < 4.78 is 49.9. The van der Waals surface area contributed by atoms with Crippen molar-refractivity contribution in [2.75, 3.05) is 19.0 Å². The quantitative estimate of drug-likeness (QED) is 0.385. The van der Waals surface area contributed by atoms with Crippen molar-refractivity contribution in [1.29, 1.82) is 0 Å². The maximum Gasteiger partial charge on any atom is 0.416 e. The Hall–Kier alpha value is -3.59. The van der Waals surface area contributed by atoms with Crippen LogP contribution >= 0.6 is 11.3 Å². The molecule has 32 heavy (non-hydrogen) atoms. The van der Waals surface area contributed by atoms with Gasteiger partial charge < -0.3 is 14.8 Å². The summed E-state index contributed by atoms with van der Waals surface area (Å²) in [6, 6.07) is 17.3. The van der Waals surface area contributed by atoms with Gasteiger partial charge in [0.05, 0.1) is 22.9 Å². The van der Waals surface area contributed by atoms with E-state index in [1.807, 2.05) is 30.3 Å². The van der Waals surface area contributed by atoms with Gasteiger partial charge in [-0.3, -0.25) is 4.79 Å². The highest BCUT2D eigenvalue weighted by Gasteiger charge is 2.30. The average molecular weight is 458 g/mol. The Balaban J connectivity index is 1.42. The number of para-hydroxylation sites is 1. The number of nitrogens with one attached hydrogen (secondary N) is 1. The zero-order valence-electron chi connectivity index (χ0n) is 16.8. The molecule has 0 aliphatic carbocycles. The van der Waals surface area contributed by atoms with Crippen molar-refractivity contribution in [3.8, 4) is 22.1 Å². The fourth-order valence-corrected chi connectivity index (χ4v) is 3.96. The van der Waals surface area contributed by atoms with Gasteiger partial charge in [0.25, 0.3) is 5.91 Å². The molecule has 1 heterocycles. The Morgan fingerprint density at radius 1 is 1.03 bits per heavy atom. The summed E-state index contributed by atoms with van der Waals surface area (Å²) in [6.07, 6.45) is -4.43. The fraction of sp³-hybridized carbons (Fsp3) is 0.130. The summed E-state index contributed by atoms with van der Waals surface area (Å²) in [6.45, 7) is -0.335. The smallest absolute Gasteiger partial charge is 0.416 e. The Labute approximate surface area is 185 Å². The molecule has 0 saturated carbocycles. The number of carbonyl (C=O) groups excluding carboxylic acids is 1. The van der Waals surface area contributed by atoms with E-state index in [-0.39, 0.29) is 12.3 Å². The van der Waals surface area contributed by atoms with Gasteiger partial charge in [-0.05, 0) is 54.6 Å². The maximum absolute atomic E-state index is 12.6. The highest BCUT2D eigenvalue weighted by atomic mass is 32.1. The van der Waals surface area contributed by atoms with Crippen LogP contribution in [0.2, 0.25) is 0 Å². The molecule has 0 unspecified atom stereocenters. The fourth-order valence-electron chi connectivity index (χ4n) is 3.00. The Morgan fingerprint density at radius 2 is 1.78 bits per heavy atom. The molecule has 0 aliphatic heterocycles. The first-order valence-electron chi connectivity index (χ1n) is 9.47. The lowest BCUT2D eigenvalue weighted by molar-refractivity contribution is -0.137. The number of anilines is 1. The van der Waals surface area contributed by atoms with E-state index >= 15 is 0 Å². The number of methoxy groups -OCH3 is 1. The molecule has 4 rings (SSSR count). The number of alkyl halides is 3. The van der Waals surface area contributed by atoms with Gasteiger partial charge in [-0.15, -0.1) is 11.3 Å². The van der Waals surface area contributed by atoms with Crippen LogP contribution in [0.4, 0.5) is 18.9 Å². The number of benzene rings is 3. The number of hydrogen-bond acceptors (Lipinski definition) is 5. The third-order valence-corrected chi connectivity index (χ3v) is 5.64. The summed E-state index contributed by atoms with van der Waals surface area (Å²) in [5, 5.41) is 3.33. The van der Waals surface area contributed by atoms with Crippen molar-refractivity contribution in [2.45, 2.75) is 6.18 Å². The van der Waals surface area contributed by atoms with E-state index in [2.05, 4.69) is 10.3 Å². The highest BCUT2D eigenvalue weighted by molar-refractivity contribution is 7.21. The molecular formula is C23H17F3N2O3S. The van der Waals surface area contributed by atoms with E-state index in [9.17, 15) is 18.0 Å². The van der Waals surface area contributed by atoms with Crippen molar-refractivity contribution in [2.24, 2.45) is 0 Å². The summed E-state index contributed by atoms with van der Waals surface area (Å²) >= 11 is 1.56. The molecule has 4 aromatic rings. The van der Waals surface area contributed by atoms with E-state index in [0.717, 1.165) is 32.9 Å². The van der Waals surface area contributed by atoms with Gasteiger partial charge in [0, 0.05) is 11.3 Å². The molecule has 0 radical (unpaired) electrons. The predicted molar refractivity (Wildman–Crippen MR) is 117 cm³/mol. The van der Waals surface area contributed by atoms with E-state index in [1.54, 1.807) is 23.5 Å². The molecule has 9 heteroatoms. The second-order valence-electron chi connectivity index (χ2n) is 6.76. The van der Waals surface area contributed by atoms with Gasteiger partial charge in [-0.2, -0.15) is 13.2 Å². The molecule has 0 atom stereocenters. The second-order valence-corrected chi connectivity index (χ2v) is 7.79. The second kappa shape index (κ2) is 8.88. The van der Waals surface area contributed by atoms with Gasteiger partial charge in [-0.1, -0.05) is 12.1 Å². The first kappa shape index (κ1) is 21.6. The summed E-state index contributed by atoms with van der Waals surface area (Å²) in [4.78, 5) is 16.8. The van der Waals surface area contributed by atoms with Crippen LogP contribution in [0.5, 0.6) is 11.5 Å². The molecule has 0 fully saturated rings. The van der Waals surface area contributed by atoms with Gasteiger partial charge in [0.1, 0.15) is 5.01 Å². The number of thiazole rings is 1. The molecular weight excluding hydrogens is 441 g/mol. The minimum Gasteiger partial charge on any atom is -0.493 e. The summed E-state index contributed by atoms with van der Waals surface area (Å²) in [5.74, 6) is 0.283. The van der Waals surface area contributed by atoms with Crippen LogP contribution in [0.1, 0.15) is 5.56 Å².